The summed E-state index contributed by atoms with van der Waals surface area (Å²) < 4.78 is 0. The standard InChI is InChI=1S/C11H22N2O2/c1-8(6-11(12)15)13-10-5-3-2-4-9(10)7-14/h8-10,13-14H,2-7H2,1H3,(H2,12,15). The molecule has 0 radical (unpaired) electrons. The van der Waals surface area contributed by atoms with Crippen molar-refractivity contribution in [3.8, 4) is 0 Å². The van der Waals surface area contributed by atoms with Crippen molar-refractivity contribution in [3.05, 3.63) is 0 Å². The van der Waals surface area contributed by atoms with Crippen molar-refractivity contribution in [1.29, 1.82) is 0 Å². The Hall–Kier alpha value is -0.610. The normalized spacial score (nSPS) is 28.7. The second kappa shape index (κ2) is 6.08. The first kappa shape index (κ1) is 12.5. The molecular weight excluding hydrogens is 192 g/mol. The van der Waals surface area contributed by atoms with Crippen molar-refractivity contribution < 1.29 is 9.90 Å². The fraction of sp³-hybridized carbons (Fsp3) is 0.909. The van der Waals surface area contributed by atoms with Crippen molar-refractivity contribution in [1.82, 2.24) is 5.32 Å². The predicted octanol–water partition coefficient (Wildman–Crippen LogP) is 0.391. The Balaban J connectivity index is 2.37. The van der Waals surface area contributed by atoms with Gasteiger partial charge < -0.3 is 16.2 Å². The molecule has 4 heteroatoms. The van der Waals surface area contributed by atoms with E-state index in [9.17, 15) is 9.90 Å². The number of amides is 1. The van der Waals surface area contributed by atoms with E-state index in [4.69, 9.17) is 5.73 Å². The van der Waals surface area contributed by atoms with Crippen molar-refractivity contribution in [2.45, 2.75) is 51.1 Å². The lowest BCUT2D eigenvalue weighted by Crippen LogP contribution is -2.45. The van der Waals surface area contributed by atoms with Gasteiger partial charge in [0, 0.05) is 25.1 Å². The zero-order valence-corrected chi connectivity index (χ0v) is 9.41. The van der Waals surface area contributed by atoms with Crippen LogP contribution in [0.4, 0.5) is 0 Å². The van der Waals surface area contributed by atoms with Crippen molar-refractivity contribution in [3.63, 3.8) is 0 Å². The molecule has 0 spiro atoms. The number of nitrogens with one attached hydrogen (secondary N) is 1. The predicted molar refractivity (Wildman–Crippen MR) is 59.2 cm³/mol. The van der Waals surface area contributed by atoms with Crippen LogP contribution in [0.15, 0.2) is 0 Å². The summed E-state index contributed by atoms with van der Waals surface area (Å²) in [7, 11) is 0. The Morgan fingerprint density at radius 1 is 1.53 bits per heavy atom. The van der Waals surface area contributed by atoms with Gasteiger partial charge in [0.1, 0.15) is 0 Å². The van der Waals surface area contributed by atoms with Gasteiger partial charge in [-0.05, 0) is 25.7 Å². The number of rotatable bonds is 5. The summed E-state index contributed by atoms with van der Waals surface area (Å²) in [5.41, 5.74) is 5.14. The Bertz CT molecular complexity index is 209. The number of hydrogen-bond acceptors (Lipinski definition) is 3. The molecule has 88 valence electrons. The number of carbonyl (C=O) groups excluding carboxylic acids is 1. The van der Waals surface area contributed by atoms with Crippen LogP contribution in [0.1, 0.15) is 39.0 Å². The molecule has 0 aromatic heterocycles. The molecule has 0 bridgehead atoms. The van der Waals surface area contributed by atoms with Crippen LogP contribution in [-0.2, 0) is 4.79 Å². The minimum atomic E-state index is -0.272. The summed E-state index contributed by atoms with van der Waals surface area (Å²) >= 11 is 0. The summed E-state index contributed by atoms with van der Waals surface area (Å²) in [5, 5.41) is 12.6. The molecular formula is C11H22N2O2. The van der Waals surface area contributed by atoms with Gasteiger partial charge in [-0.1, -0.05) is 12.8 Å². The third-order valence-electron chi connectivity index (χ3n) is 3.15. The van der Waals surface area contributed by atoms with Gasteiger partial charge in [-0.2, -0.15) is 0 Å². The molecule has 0 aromatic rings. The largest absolute Gasteiger partial charge is 0.396 e. The molecule has 0 saturated heterocycles. The quantitative estimate of drug-likeness (QED) is 0.619. The SMILES string of the molecule is CC(CC(N)=O)NC1CCCCC1CO. The van der Waals surface area contributed by atoms with Crippen molar-refractivity contribution in [2.24, 2.45) is 11.7 Å². The van der Waals surface area contributed by atoms with Gasteiger partial charge in [0.05, 0.1) is 0 Å². The number of hydrogen-bond donors (Lipinski definition) is 3. The Kier molecular flexibility index (Phi) is 5.05. The van der Waals surface area contributed by atoms with Gasteiger partial charge in [0.2, 0.25) is 5.91 Å². The number of aliphatic hydroxyl groups is 1. The molecule has 3 atom stereocenters. The number of nitrogens with two attached hydrogens (primary N) is 1. The molecule has 1 saturated carbocycles. The molecule has 1 rings (SSSR count). The zero-order valence-electron chi connectivity index (χ0n) is 9.41. The van der Waals surface area contributed by atoms with E-state index in [1.54, 1.807) is 0 Å². The fourth-order valence-corrected chi connectivity index (χ4v) is 2.37. The van der Waals surface area contributed by atoms with Crippen LogP contribution in [0.3, 0.4) is 0 Å². The fourth-order valence-electron chi connectivity index (χ4n) is 2.37. The van der Waals surface area contributed by atoms with Crippen LogP contribution >= 0.6 is 0 Å². The van der Waals surface area contributed by atoms with Crippen LogP contribution in [0, 0.1) is 5.92 Å². The second-order valence-electron chi connectivity index (χ2n) is 4.57. The van der Waals surface area contributed by atoms with Gasteiger partial charge in [0.25, 0.3) is 0 Å². The highest BCUT2D eigenvalue weighted by molar-refractivity contribution is 5.74. The van der Waals surface area contributed by atoms with E-state index in [0.29, 0.717) is 18.4 Å². The lowest BCUT2D eigenvalue weighted by molar-refractivity contribution is -0.118. The molecule has 4 N–H and O–H groups in total. The van der Waals surface area contributed by atoms with E-state index in [0.717, 1.165) is 12.8 Å². The van der Waals surface area contributed by atoms with E-state index < -0.39 is 0 Å². The maximum Gasteiger partial charge on any atom is 0.218 e. The van der Waals surface area contributed by atoms with Crippen LogP contribution in [0.5, 0.6) is 0 Å². The summed E-state index contributed by atoms with van der Waals surface area (Å²) in [6.07, 6.45) is 4.95. The molecule has 15 heavy (non-hydrogen) atoms. The van der Waals surface area contributed by atoms with Crippen LogP contribution in [0.25, 0.3) is 0 Å². The average molecular weight is 214 g/mol. The third kappa shape index (κ3) is 4.18. The lowest BCUT2D eigenvalue weighted by Gasteiger charge is -2.33. The molecule has 4 nitrogen and oxygen atoms in total. The van der Waals surface area contributed by atoms with Crippen molar-refractivity contribution in [2.75, 3.05) is 6.61 Å². The molecule has 1 fully saturated rings. The summed E-state index contributed by atoms with van der Waals surface area (Å²) in [5.74, 6) is 0.0698. The Labute approximate surface area is 91.2 Å². The van der Waals surface area contributed by atoms with E-state index >= 15 is 0 Å². The Morgan fingerprint density at radius 2 is 2.20 bits per heavy atom. The maximum atomic E-state index is 10.7. The van der Waals surface area contributed by atoms with Gasteiger partial charge in [0.15, 0.2) is 0 Å². The van der Waals surface area contributed by atoms with Gasteiger partial charge in [-0.25, -0.2) is 0 Å². The van der Waals surface area contributed by atoms with E-state index in [2.05, 4.69) is 5.32 Å². The smallest absolute Gasteiger partial charge is 0.218 e. The van der Waals surface area contributed by atoms with Crippen LogP contribution < -0.4 is 11.1 Å². The highest BCUT2D eigenvalue weighted by Crippen LogP contribution is 2.24. The van der Waals surface area contributed by atoms with Gasteiger partial charge >= 0.3 is 0 Å². The first-order chi connectivity index (χ1) is 7.13. The molecule has 0 heterocycles. The highest BCUT2D eigenvalue weighted by Gasteiger charge is 2.25. The van der Waals surface area contributed by atoms with E-state index in [1.165, 1.54) is 12.8 Å². The number of primary amides is 1. The highest BCUT2D eigenvalue weighted by atomic mass is 16.3. The molecule has 1 amide bonds. The van der Waals surface area contributed by atoms with Gasteiger partial charge in [-0.3, -0.25) is 4.79 Å². The first-order valence-corrected chi connectivity index (χ1v) is 5.78. The Morgan fingerprint density at radius 3 is 2.80 bits per heavy atom. The van der Waals surface area contributed by atoms with Crippen molar-refractivity contribution >= 4 is 5.91 Å². The lowest BCUT2D eigenvalue weighted by atomic mass is 9.84. The molecule has 0 aliphatic heterocycles. The van der Waals surface area contributed by atoms with Crippen LogP contribution in [-0.4, -0.2) is 29.7 Å². The molecule has 1 aliphatic rings. The maximum absolute atomic E-state index is 10.7. The molecule has 1 aliphatic carbocycles. The zero-order chi connectivity index (χ0) is 11.3. The topological polar surface area (TPSA) is 75.4 Å². The summed E-state index contributed by atoms with van der Waals surface area (Å²) in [6, 6.07) is 0.456. The number of carbonyl (C=O) groups is 1. The van der Waals surface area contributed by atoms with E-state index in [-0.39, 0.29) is 18.6 Å². The molecule has 0 aromatic carbocycles. The second-order valence-corrected chi connectivity index (χ2v) is 4.57. The van der Waals surface area contributed by atoms with Gasteiger partial charge in [-0.15, -0.1) is 0 Å². The average Bonchev–Trinajstić information content (AvgIpc) is 2.17. The van der Waals surface area contributed by atoms with Crippen LogP contribution in [0.2, 0.25) is 0 Å². The molecule has 3 unspecified atom stereocenters. The summed E-state index contributed by atoms with van der Waals surface area (Å²) in [6.45, 7) is 2.20. The summed E-state index contributed by atoms with van der Waals surface area (Å²) in [4.78, 5) is 10.7. The minimum Gasteiger partial charge on any atom is -0.396 e. The number of aliphatic hydroxyl groups excluding tert-OH is 1. The third-order valence-corrected chi connectivity index (χ3v) is 3.15. The monoisotopic (exact) mass is 214 g/mol. The minimum absolute atomic E-state index is 0.111. The first-order valence-electron chi connectivity index (χ1n) is 5.78. The van der Waals surface area contributed by atoms with E-state index in [1.807, 2.05) is 6.92 Å².